The highest BCUT2D eigenvalue weighted by atomic mass is 79.9. The molecule has 0 radical (unpaired) electrons. The first-order valence-electron chi connectivity index (χ1n) is 3.20. The van der Waals surface area contributed by atoms with Gasteiger partial charge >= 0.3 is 0 Å². The van der Waals surface area contributed by atoms with Crippen molar-refractivity contribution in [1.82, 2.24) is 0 Å². The summed E-state index contributed by atoms with van der Waals surface area (Å²) in [6, 6.07) is 4.57. The standard InChI is InChI=1S/C7H2Br2ClNO2S/c8-5-2-7(14(10,12)13)6(9)1-4(5)3-11/h1-2H. The molecule has 0 aliphatic carbocycles. The minimum Gasteiger partial charge on any atom is -0.207 e. The zero-order valence-electron chi connectivity index (χ0n) is 6.46. The molecule has 0 aliphatic heterocycles. The third-order valence-corrected chi connectivity index (χ3v) is 4.34. The maximum atomic E-state index is 11.0. The molecule has 0 unspecified atom stereocenters. The molecule has 74 valence electrons. The van der Waals surface area contributed by atoms with Crippen molar-refractivity contribution in [2.45, 2.75) is 4.90 Å². The number of nitriles is 1. The summed E-state index contributed by atoms with van der Waals surface area (Å²) in [6.07, 6.45) is 0. The smallest absolute Gasteiger partial charge is 0.207 e. The quantitative estimate of drug-likeness (QED) is 0.724. The van der Waals surface area contributed by atoms with Crippen molar-refractivity contribution in [2.24, 2.45) is 0 Å². The van der Waals surface area contributed by atoms with Gasteiger partial charge in [0.15, 0.2) is 0 Å². The lowest BCUT2D eigenvalue weighted by molar-refractivity contribution is 0.609. The van der Waals surface area contributed by atoms with Gasteiger partial charge in [-0.05, 0) is 44.0 Å². The van der Waals surface area contributed by atoms with E-state index in [1.807, 2.05) is 6.07 Å². The summed E-state index contributed by atoms with van der Waals surface area (Å²) in [6.45, 7) is 0. The molecule has 0 bridgehead atoms. The van der Waals surface area contributed by atoms with Crippen molar-refractivity contribution in [3.63, 3.8) is 0 Å². The molecule has 0 heterocycles. The molecule has 1 aromatic rings. The van der Waals surface area contributed by atoms with E-state index in [-0.39, 0.29) is 9.37 Å². The molecule has 0 spiro atoms. The van der Waals surface area contributed by atoms with Gasteiger partial charge in [0.25, 0.3) is 9.05 Å². The lowest BCUT2D eigenvalue weighted by atomic mass is 10.2. The van der Waals surface area contributed by atoms with Crippen molar-refractivity contribution in [3.8, 4) is 6.07 Å². The summed E-state index contributed by atoms with van der Waals surface area (Å²) < 4.78 is 22.7. The Hall–Kier alpha value is -0.0900. The molecule has 1 aromatic carbocycles. The molecule has 0 amide bonds. The minimum absolute atomic E-state index is 0.0648. The van der Waals surface area contributed by atoms with E-state index in [0.717, 1.165) is 0 Å². The van der Waals surface area contributed by atoms with E-state index in [4.69, 9.17) is 15.9 Å². The zero-order chi connectivity index (χ0) is 10.9. The van der Waals surface area contributed by atoms with E-state index in [2.05, 4.69) is 31.9 Å². The Morgan fingerprint density at radius 2 is 1.86 bits per heavy atom. The summed E-state index contributed by atoms with van der Waals surface area (Å²) in [4.78, 5) is -0.0648. The fraction of sp³-hybridized carbons (Fsp3) is 0. The van der Waals surface area contributed by atoms with Crippen LogP contribution in [0.2, 0.25) is 0 Å². The van der Waals surface area contributed by atoms with Crippen LogP contribution in [0.4, 0.5) is 0 Å². The second kappa shape index (κ2) is 4.19. The normalized spacial score (nSPS) is 11.0. The highest BCUT2D eigenvalue weighted by Gasteiger charge is 2.16. The van der Waals surface area contributed by atoms with E-state index >= 15 is 0 Å². The average Bonchev–Trinajstić information content (AvgIpc) is 2.06. The monoisotopic (exact) mass is 357 g/mol. The lowest BCUT2D eigenvalue weighted by Crippen LogP contribution is -1.93. The van der Waals surface area contributed by atoms with Gasteiger partial charge < -0.3 is 0 Å². The fourth-order valence-electron chi connectivity index (χ4n) is 0.801. The van der Waals surface area contributed by atoms with Crippen molar-refractivity contribution in [3.05, 3.63) is 26.6 Å². The first kappa shape index (κ1) is 12.0. The first-order chi connectivity index (χ1) is 6.36. The van der Waals surface area contributed by atoms with Gasteiger partial charge in [0.2, 0.25) is 0 Å². The Balaban J connectivity index is 3.54. The molecular formula is C7H2Br2ClNO2S. The SMILES string of the molecule is N#Cc1cc(Br)c(S(=O)(=O)Cl)cc1Br. The summed E-state index contributed by atoms with van der Waals surface area (Å²) in [5.74, 6) is 0. The van der Waals surface area contributed by atoms with Crippen LogP contribution in [0.3, 0.4) is 0 Å². The van der Waals surface area contributed by atoms with Gasteiger partial charge in [-0.1, -0.05) is 0 Å². The van der Waals surface area contributed by atoms with Crippen LogP contribution in [-0.4, -0.2) is 8.42 Å². The number of hydrogen-bond donors (Lipinski definition) is 0. The van der Waals surface area contributed by atoms with Crippen LogP contribution in [0.15, 0.2) is 26.0 Å². The zero-order valence-corrected chi connectivity index (χ0v) is 11.2. The Kier molecular flexibility index (Phi) is 3.58. The van der Waals surface area contributed by atoms with E-state index in [1.54, 1.807) is 0 Å². The first-order valence-corrected chi connectivity index (χ1v) is 7.09. The molecular weight excluding hydrogens is 357 g/mol. The number of rotatable bonds is 1. The van der Waals surface area contributed by atoms with Gasteiger partial charge in [-0.2, -0.15) is 5.26 Å². The summed E-state index contributed by atoms with van der Waals surface area (Å²) in [5, 5.41) is 8.65. The summed E-state index contributed by atoms with van der Waals surface area (Å²) in [5.41, 5.74) is 0.334. The van der Waals surface area contributed by atoms with E-state index in [0.29, 0.717) is 10.0 Å². The van der Waals surface area contributed by atoms with E-state index < -0.39 is 9.05 Å². The molecule has 0 aliphatic rings. The molecule has 0 saturated heterocycles. The fourth-order valence-corrected chi connectivity index (χ4v) is 3.58. The number of nitrogens with zero attached hydrogens (tertiary/aromatic N) is 1. The Morgan fingerprint density at radius 1 is 1.29 bits per heavy atom. The molecule has 0 saturated carbocycles. The lowest BCUT2D eigenvalue weighted by Gasteiger charge is -2.02. The number of halogens is 3. The summed E-state index contributed by atoms with van der Waals surface area (Å²) in [7, 11) is 1.37. The van der Waals surface area contributed by atoms with Crippen molar-refractivity contribution < 1.29 is 8.42 Å². The van der Waals surface area contributed by atoms with Gasteiger partial charge in [0.05, 0.1) is 10.5 Å². The molecule has 1 rings (SSSR count). The van der Waals surface area contributed by atoms with Crippen LogP contribution in [0, 0.1) is 11.3 Å². The highest BCUT2D eigenvalue weighted by molar-refractivity contribution is 9.11. The predicted octanol–water partition coefficient (Wildman–Crippen LogP) is 3.01. The van der Waals surface area contributed by atoms with Gasteiger partial charge in [-0.3, -0.25) is 0 Å². The molecule has 3 nitrogen and oxygen atoms in total. The Morgan fingerprint density at radius 3 is 2.29 bits per heavy atom. The third kappa shape index (κ3) is 2.48. The van der Waals surface area contributed by atoms with Crippen molar-refractivity contribution in [2.75, 3.05) is 0 Å². The van der Waals surface area contributed by atoms with Crippen LogP contribution >= 0.6 is 42.5 Å². The maximum absolute atomic E-state index is 11.0. The number of hydrogen-bond acceptors (Lipinski definition) is 3. The predicted molar refractivity (Wildman–Crippen MR) is 59.6 cm³/mol. The van der Waals surface area contributed by atoms with Crippen LogP contribution in [-0.2, 0) is 9.05 Å². The molecule has 14 heavy (non-hydrogen) atoms. The van der Waals surface area contributed by atoms with Crippen molar-refractivity contribution >= 4 is 51.6 Å². The van der Waals surface area contributed by atoms with Crippen LogP contribution < -0.4 is 0 Å². The Labute approximate surface area is 102 Å². The van der Waals surface area contributed by atoms with E-state index in [9.17, 15) is 8.42 Å². The number of benzene rings is 1. The van der Waals surface area contributed by atoms with Crippen LogP contribution in [0.1, 0.15) is 5.56 Å². The molecule has 7 heteroatoms. The Bertz CT molecular complexity index is 521. The van der Waals surface area contributed by atoms with Crippen LogP contribution in [0.5, 0.6) is 0 Å². The van der Waals surface area contributed by atoms with E-state index in [1.165, 1.54) is 12.1 Å². The minimum atomic E-state index is -3.80. The second-order valence-corrected chi connectivity index (χ2v) is 6.56. The van der Waals surface area contributed by atoms with Crippen LogP contribution in [0.25, 0.3) is 0 Å². The second-order valence-electron chi connectivity index (χ2n) is 2.31. The average molecular weight is 359 g/mol. The van der Waals surface area contributed by atoms with Gasteiger partial charge in [0, 0.05) is 19.6 Å². The molecule has 0 atom stereocenters. The molecule has 0 N–H and O–H groups in total. The topological polar surface area (TPSA) is 57.9 Å². The largest absolute Gasteiger partial charge is 0.262 e. The molecule has 0 aromatic heterocycles. The summed E-state index contributed by atoms with van der Waals surface area (Å²) >= 11 is 6.09. The van der Waals surface area contributed by atoms with Gasteiger partial charge in [0.1, 0.15) is 6.07 Å². The van der Waals surface area contributed by atoms with Gasteiger partial charge in [-0.15, -0.1) is 0 Å². The third-order valence-electron chi connectivity index (χ3n) is 1.40. The maximum Gasteiger partial charge on any atom is 0.262 e. The van der Waals surface area contributed by atoms with Crippen molar-refractivity contribution in [1.29, 1.82) is 5.26 Å². The molecule has 0 fully saturated rings. The highest BCUT2D eigenvalue weighted by Crippen LogP contribution is 2.30. The van der Waals surface area contributed by atoms with Gasteiger partial charge in [-0.25, -0.2) is 8.42 Å².